The van der Waals surface area contributed by atoms with Crippen LogP contribution in [-0.2, 0) is 6.61 Å². The highest BCUT2D eigenvalue weighted by molar-refractivity contribution is 6.30. The molecule has 7 nitrogen and oxygen atoms in total. The Balaban J connectivity index is 1.56. The van der Waals surface area contributed by atoms with Gasteiger partial charge in [0.15, 0.2) is 11.6 Å². The highest BCUT2D eigenvalue weighted by Gasteiger charge is 2.35. The molecule has 0 spiro atoms. The average molecular weight is 410 g/mol. The number of piperazine rings is 1. The average Bonchev–Trinajstić information content (AvgIpc) is 2.76. The summed E-state index contributed by atoms with van der Waals surface area (Å²) in [6.07, 6.45) is 0.770. The smallest absolute Gasteiger partial charge is 0.198 e. The number of fused-ring (bicyclic) bond motifs is 2. The fourth-order valence-electron chi connectivity index (χ4n) is 4.07. The Kier molecular flexibility index (Phi) is 5.85. The van der Waals surface area contributed by atoms with E-state index in [2.05, 4.69) is 16.8 Å². The maximum atomic E-state index is 13.1. The Morgan fingerprint density at radius 3 is 2.27 bits per heavy atom. The van der Waals surface area contributed by atoms with Gasteiger partial charge in [-0.05, 0) is 19.5 Å². The van der Waals surface area contributed by atoms with E-state index in [1.165, 1.54) is 6.07 Å². The first-order valence-corrected chi connectivity index (χ1v) is 10.2. The molecule has 0 saturated carbocycles. The van der Waals surface area contributed by atoms with Gasteiger partial charge in [0, 0.05) is 49.4 Å². The minimum Gasteiger partial charge on any atom is -0.507 e. The molecule has 4 rings (SSSR count). The van der Waals surface area contributed by atoms with E-state index < -0.39 is 12.4 Å². The summed E-state index contributed by atoms with van der Waals surface area (Å²) in [5.74, 6) is -0.910. The number of aliphatic hydroxyl groups is 1. The van der Waals surface area contributed by atoms with Crippen LogP contribution in [0.5, 0.6) is 11.5 Å². The second kappa shape index (κ2) is 8.55. The molecule has 7 heteroatoms. The van der Waals surface area contributed by atoms with Crippen molar-refractivity contribution in [2.75, 3.05) is 46.4 Å². The van der Waals surface area contributed by atoms with Gasteiger partial charge >= 0.3 is 0 Å². The van der Waals surface area contributed by atoms with E-state index in [4.69, 9.17) is 4.74 Å². The van der Waals surface area contributed by atoms with Crippen molar-refractivity contribution in [1.29, 1.82) is 0 Å². The molecule has 1 aliphatic heterocycles. The predicted octanol–water partition coefficient (Wildman–Crippen LogP) is 1.68. The topological polar surface area (TPSA) is 90.3 Å². The van der Waals surface area contributed by atoms with Crippen LogP contribution in [0.4, 0.5) is 0 Å². The number of carbonyl (C=O) groups is 2. The number of hydrogen-bond acceptors (Lipinski definition) is 7. The van der Waals surface area contributed by atoms with Crippen LogP contribution in [0.3, 0.4) is 0 Å². The molecule has 2 aromatic carbocycles. The number of likely N-dealkylation sites (N-methyl/N-ethyl adjacent to an activating group) is 1. The minimum absolute atomic E-state index is 0.0768. The van der Waals surface area contributed by atoms with Gasteiger partial charge in [-0.15, -0.1) is 0 Å². The summed E-state index contributed by atoms with van der Waals surface area (Å²) in [5.41, 5.74) is 0.713. The van der Waals surface area contributed by atoms with Crippen LogP contribution < -0.4 is 4.74 Å². The lowest BCUT2D eigenvalue weighted by molar-refractivity contribution is 0.0972. The van der Waals surface area contributed by atoms with E-state index in [-0.39, 0.29) is 39.5 Å². The van der Waals surface area contributed by atoms with Gasteiger partial charge in [0.2, 0.25) is 0 Å². The predicted molar refractivity (Wildman–Crippen MR) is 111 cm³/mol. The number of benzene rings is 2. The van der Waals surface area contributed by atoms with Crippen LogP contribution in [-0.4, -0.2) is 78.0 Å². The number of ether oxygens (including phenoxy) is 1. The van der Waals surface area contributed by atoms with Crippen molar-refractivity contribution in [2.24, 2.45) is 0 Å². The zero-order chi connectivity index (χ0) is 21.3. The van der Waals surface area contributed by atoms with Gasteiger partial charge in [-0.1, -0.05) is 24.3 Å². The summed E-state index contributed by atoms with van der Waals surface area (Å²) in [7, 11) is 2.11. The maximum Gasteiger partial charge on any atom is 0.198 e. The van der Waals surface area contributed by atoms with Crippen molar-refractivity contribution in [3.05, 3.63) is 58.1 Å². The van der Waals surface area contributed by atoms with Gasteiger partial charge in [0.25, 0.3) is 0 Å². The molecule has 0 bridgehead atoms. The lowest BCUT2D eigenvalue weighted by Gasteiger charge is -2.32. The Hall–Kier alpha value is -2.74. The second-order valence-corrected chi connectivity index (χ2v) is 7.84. The van der Waals surface area contributed by atoms with Crippen molar-refractivity contribution >= 4 is 11.6 Å². The monoisotopic (exact) mass is 410 g/mol. The molecule has 158 valence electrons. The Bertz CT molecular complexity index is 980. The van der Waals surface area contributed by atoms with Crippen molar-refractivity contribution in [3.63, 3.8) is 0 Å². The molecule has 0 unspecified atom stereocenters. The van der Waals surface area contributed by atoms with Crippen molar-refractivity contribution in [1.82, 2.24) is 9.80 Å². The van der Waals surface area contributed by atoms with Gasteiger partial charge in [-0.3, -0.25) is 9.59 Å². The number of phenols is 1. The third-order valence-corrected chi connectivity index (χ3v) is 5.86. The number of ketones is 2. The third kappa shape index (κ3) is 3.71. The van der Waals surface area contributed by atoms with E-state index in [0.717, 1.165) is 39.1 Å². The first-order chi connectivity index (χ1) is 14.5. The van der Waals surface area contributed by atoms with Gasteiger partial charge in [-0.25, -0.2) is 0 Å². The zero-order valence-electron chi connectivity index (χ0n) is 17.1. The molecule has 1 saturated heterocycles. The Labute approximate surface area is 175 Å². The van der Waals surface area contributed by atoms with Crippen molar-refractivity contribution in [2.45, 2.75) is 13.0 Å². The largest absolute Gasteiger partial charge is 0.507 e. The molecular formula is C23H26N2O5. The normalized spacial score (nSPS) is 17.0. The van der Waals surface area contributed by atoms with Gasteiger partial charge in [0.1, 0.15) is 11.5 Å². The molecule has 0 atom stereocenters. The number of hydrogen-bond donors (Lipinski definition) is 2. The maximum absolute atomic E-state index is 13.1. The summed E-state index contributed by atoms with van der Waals surface area (Å²) in [6, 6.07) is 8.02. The van der Waals surface area contributed by atoms with Crippen LogP contribution in [0.25, 0.3) is 0 Å². The molecule has 1 heterocycles. The van der Waals surface area contributed by atoms with E-state index in [0.29, 0.717) is 12.2 Å². The van der Waals surface area contributed by atoms with Crippen molar-refractivity contribution in [3.8, 4) is 11.5 Å². The van der Waals surface area contributed by atoms with E-state index in [1.54, 1.807) is 24.3 Å². The highest BCUT2D eigenvalue weighted by atomic mass is 16.5. The highest BCUT2D eigenvalue weighted by Crippen LogP contribution is 2.40. The lowest BCUT2D eigenvalue weighted by Crippen LogP contribution is -2.44. The Morgan fingerprint density at radius 1 is 1.00 bits per heavy atom. The summed E-state index contributed by atoms with van der Waals surface area (Å²) >= 11 is 0. The van der Waals surface area contributed by atoms with Gasteiger partial charge in [-0.2, -0.15) is 0 Å². The van der Waals surface area contributed by atoms with Gasteiger partial charge in [0.05, 0.1) is 24.3 Å². The first-order valence-electron chi connectivity index (χ1n) is 10.2. The van der Waals surface area contributed by atoms with E-state index in [1.807, 2.05) is 0 Å². The van der Waals surface area contributed by atoms with Crippen LogP contribution in [0.1, 0.15) is 43.8 Å². The number of carbonyl (C=O) groups excluding carboxylic acids is 2. The quantitative estimate of drug-likeness (QED) is 0.598. The third-order valence-electron chi connectivity index (χ3n) is 5.86. The van der Waals surface area contributed by atoms with Crippen molar-refractivity contribution < 1.29 is 24.5 Å². The molecule has 2 aromatic rings. The molecule has 2 aliphatic rings. The number of rotatable bonds is 6. The standard InChI is InChI=1S/C23H26N2O5/c1-24-8-10-25(11-9-24)7-4-12-30-18-13-15(14-26)21(27)20-19(18)22(28)16-5-2-3-6-17(16)23(20)29/h2-3,5-6,13,26-27H,4,7-12,14H2,1H3. The molecular weight excluding hydrogens is 384 g/mol. The minimum atomic E-state index is -0.458. The molecule has 1 aliphatic carbocycles. The van der Waals surface area contributed by atoms with Crippen LogP contribution in [0, 0.1) is 0 Å². The second-order valence-electron chi connectivity index (χ2n) is 7.84. The van der Waals surface area contributed by atoms with Crippen LogP contribution >= 0.6 is 0 Å². The molecule has 1 fully saturated rings. The first kappa shape index (κ1) is 20.5. The van der Waals surface area contributed by atoms with Crippen LogP contribution in [0.2, 0.25) is 0 Å². The number of nitrogens with zero attached hydrogens (tertiary/aromatic N) is 2. The SMILES string of the molecule is CN1CCN(CCCOc2cc(CO)c(O)c3c2C(=O)c2ccccc2C3=O)CC1. The number of aromatic hydroxyl groups is 1. The van der Waals surface area contributed by atoms with Gasteiger partial charge < -0.3 is 24.7 Å². The molecule has 0 radical (unpaired) electrons. The fourth-order valence-corrected chi connectivity index (χ4v) is 4.07. The summed E-state index contributed by atoms with van der Waals surface area (Å²) in [5, 5.41) is 20.2. The molecule has 30 heavy (non-hydrogen) atoms. The fraction of sp³-hybridized carbons (Fsp3) is 0.391. The lowest BCUT2D eigenvalue weighted by atomic mass is 9.82. The molecule has 2 N–H and O–H groups in total. The molecule has 0 aromatic heterocycles. The van der Waals surface area contributed by atoms with Crippen LogP contribution in [0.15, 0.2) is 30.3 Å². The molecule has 0 amide bonds. The Morgan fingerprint density at radius 2 is 1.63 bits per heavy atom. The summed E-state index contributed by atoms with van der Waals surface area (Å²) in [4.78, 5) is 30.8. The zero-order valence-corrected chi connectivity index (χ0v) is 17.1. The summed E-state index contributed by atoms with van der Waals surface area (Å²) in [6.45, 7) is 4.92. The van der Waals surface area contributed by atoms with E-state index in [9.17, 15) is 19.8 Å². The number of aliphatic hydroxyl groups excluding tert-OH is 1. The van der Waals surface area contributed by atoms with E-state index >= 15 is 0 Å². The summed E-state index contributed by atoms with van der Waals surface area (Å²) < 4.78 is 5.92.